The van der Waals surface area contributed by atoms with E-state index in [-0.39, 0.29) is 5.82 Å². The molecule has 0 fully saturated rings. The number of benzene rings is 2. The lowest BCUT2D eigenvalue weighted by Gasteiger charge is -2.17. The van der Waals surface area contributed by atoms with Crippen LogP contribution in [0.25, 0.3) is 0 Å². The lowest BCUT2D eigenvalue weighted by atomic mass is 9.98. The maximum Gasteiger partial charge on any atom is 0.128 e. The van der Waals surface area contributed by atoms with Gasteiger partial charge in [-0.3, -0.25) is 0 Å². The van der Waals surface area contributed by atoms with Crippen LogP contribution in [0.5, 0.6) is 5.75 Å². The maximum absolute atomic E-state index is 13.7. The second-order valence-corrected chi connectivity index (χ2v) is 4.80. The SMILES string of the molecule is COc1cc(Br)ccc1C(N)c1ccccc1F. The number of methoxy groups -OCH3 is 1. The zero-order valence-corrected chi connectivity index (χ0v) is 11.4. The molecule has 0 saturated carbocycles. The Morgan fingerprint density at radius 2 is 1.89 bits per heavy atom. The van der Waals surface area contributed by atoms with Crippen molar-refractivity contribution < 1.29 is 9.13 Å². The summed E-state index contributed by atoms with van der Waals surface area (Å²) in [6.45, 7) is 0. The zero-order chi connectivity index (χ0) is 13.1. The van der Waals surface area contributed by atoms with Crippen molar-refractivity contribution in [1.82, 2.24) is 0 Å². The van der Waals surface area contributed by atoms with Gasteiger partial charge in [-0.2, -0.15) is 0 Å². The Hall–Kier alpha value is -1.39. The molecule has 0 aliphatic rings. The first-order valence-electron chi connectivity index (χ1n) is 5.47. The van der Waals surface area contributed by atoms with Gasteiger partial charge >= 0.3 is 0 Å². The number of hydrogen-bond acceptors (Lipinski definition) is 2. The lowest BCUT2D eigenvalue weighted by Crippen LogP contribution is -2.14. The Labute approximate surface area is 114 Å². The van der Waals surface area contributed by atoms with E-state index in [1.807, 2.05) is 18.2 Å². The molecular weight excluding hydrogens is 297 g/mol. The van der Waals surface area contributed by atoms with Gasteiger partial charge < -0.3 is 10.5 Å². The van der Waals surface area contributed by atoms with Crippen LogP contribution in [0.3, 0.4) is 0 Å². The summed E-state index contributed by atoms with van der Waals surface area (Å²) in [4.78, 5) is 0. The van der Waals surface area contributed by atoms with Gasteiger partial charge in [0.05, 0.1) is 13.2 Å². The molecule has 1 unspecified atom stereocenters. The molecule has 0 saturated heterocycles. The second-order valence-electron chi connectivity index (χ2n) is 3.89. The van der Waals surface area contributed by atoms with E-state index in [0.717, 1.165) is 10.0 Å². The first-order valence-corrected chi connectivity index (χ1v) is 6.26. The van der Waals surface area contributed by atoms with E-state index < -0.39 is 6.04 Å². The van der Waals surface area contributed by atoms with Crippen molar-refractivity contribution in [2.75, 3.05) is 7.11 Å². The van der Waals surface area contributed by atoms with Gasteiger partial charge in [0.15, 0.2) is 0 Å². The molecule has 2 aromatic rings. The van der Waals surface area contributed by atoms with Gasteiger partial charge in [0, 0.05) is 15.6 Å². The molecule has 18 heavy (non-hydrogen) atoms. The zero-order valence-electron chi connectivity index (χ0n) is 9.86. The topological polar surface area (TPSA) is 35.2 Å². The smallest absolute Gasteiger partial charge is 0.128 e. The maximum atomic E-state index is 13.7. The third-order valence-electron chi connectivity index (χ3n) is 2.77. The molecule has 2 nitrogen and oxygen atoms in total. The minimum atomic E-state index is -0.547. The molecule has 1 atom stereocenters. The normalized spacial score (nSPS) is 12.2. The van der Waals surface area contributed by atoms with Crippen LogP contribution < -0.4 is 10.5 Å². The fraction of sp³-hybridized carbons (Fsp3) is 0.143. The number of nitrogens with two attached hydrogens (primary N) is 1. The molecule has 0 aliphatic heterocycles. The predicted molar refractivity (Wildman–Crippen MR) is 73.1 cm³/mol. The first kappa shape index (κ1) is 13.1. The molecule has 94 valence electrons. The van der Waals surface area contributed by atoms with E-state index in [4.69, 9.17) is 10.5 Å². The molecule has 0 bridgehead atoms. The Bertz CT molecular complexity index is 559. The van der Waals surface area contributed by atoms with Crippen LogP contribution in [-0.4, -0.2) is 7.11 Å². The minimum absolute atomic E-state index is 0.310. The molecular formula is C14H13BrFNO. The first-order chi connectivity index (χ1) is 8.63. The quantitative estimate of drug-likeness (QED) is 0.939. The molecule has 2 N–H and O–H groups in total. The lowest BCUT2D eigenvalue weighted by molar-refractivity contribution is 0.407. The van der Waals surface area contributed by atoms with Crippen molar-refractivity contribution in [2.24, 2.45) is 5.73 Å². The summed E-state index contributed by atoms with van der Waals surface area (Å²) in [7, 11) is 1.57. The summed E-state index contributed by atoms with van der Waals surface area (Å²) in [5.74, 6) is 0.329. The van der Waals surface area contributed by atoms with Crippen LogP contribution in [0.1, 0.15) is 17.2 Å². The van der Waals surface area contributed by atoms with Gasteiger partial charge in [-0.1, -0.05) is 40.2 Å². The van der Waals surface area contributed by atoms with Crippen LogP contribution in [0.2, 0.25) is 0 Å². The third-order valence-corrected chi connectivity index (χ3v) is 3.26. The third kappa shape index (κ3) is 2.54. The van der Waals surface area contributed by atoms with Crippen molar-refractivity contribution in [3.63, 3.8) is 0 Å². The van der Waals surface area contributed by atoms with Gasteiger partial charge in [0.25, 0.3) is 0 Å². The van der Waals surface area contributed by atoms with E-state index >= 15 is 0 Å². The summed E-state index contributed by atoms with van der Waals surface area (Å²) < 4.78 is 19.9. The largest absolute Gasteiger partial charge is 0.496 e. The molecule has 0 radical (unpaired) electrons. The second kappa shape index (κ2) is 5.50. The monoisotopic (exact) mass is 309 g/mol. The standard InChI is InChI=1S/C14H13BrFNO/c1-18-13-8-9(15)6-7-11(13)14(17)10-4-2-3-5-12(10)16/h2-8,14H,17H2,1H3. The van der Waals surface area contributed by atoms with E-state index in [0.29, 0.717) is 11.3 Å². The Kier molecular flexibility index (Phi) is 3.99. The van der Waals surface area contributed by atoms with E-state index in [1.165, 1.54) is 6.07 Å². The van der Waals surface area contributed by atoms with E-state index in [2.05, 4.69) is 15.9 Å². The van der Waals surface area contributed by atoms with E-state index in [1.54, 1.807) is 25.3 Å². The van der Waals surface area contributed by atoms with Crippen LogP contribution >= 0.6 is 15.9 Å². The molecule has 4 heteroatoms. The molecule has 0 aromatic heterocycles. The highest BCUT2D eigenvalue weighted by atomic mass is 79.9. The Morgan fingerprint density at radius 1 is 1.17 bits per heavy atom. The van der Waals surface area contributed by atoms with Crippen molar-refractivity contribution in [3.05, 3.63) is 63.9 Å². The average Bonchev–Trinajstić information content (AvgIpc) is 2.38. The van der Waals surface area contributed by atoms with Crippen molar-refractivity contribution in [1.29, 1.82) is 0 Å². The van der Waals surface area contributed by atoms with Gasteiger partial charge in [0.1, 0.15) is 11.6 Å². The van der Waals surface area contributed by atoms with Crippen LogP contribution in [0.4, 0.5) is 4.39 Å². The molecule has 2 rings (SSSR count). The van der Waals surface area contributed by atoms with E-state index in [9.17, 15) is 4.39 Å². The Morgan fingerprint density at radius 3 is 2.56 bits per heavy atom. The van der Waals surface area contributed by atoms with Gasteiger partial charge in [-0.05, 0) is 18.2 Å². The summed E-state index contributed by atoms with van der Waals surface area (Å²) in [5, 5.41) is 0. The molecule has 0 spiro atoms. The van der Waals surface area contributed by atoms with Crippen LogP contribution in [-0.2, 0) is 0 Å². The van der Waals surface area contributed by atoms with Gasteiger partial charge in [-0.15, -0.1) is 0 Å². The summed E-state index contributed by atoms with van der Waals surface area (Å²) in [5.41, 5.74) is 7.32. The number of halogens is 2. The summed E-state index contributed by atoms with van der Waals surface area (Å²) >= 11 is 3.36. The molecule has 2 aromatic carbocycles. The highest BCUT2D eigenvalue weighted by molar-refractivity contribution is 9.10. The summed E-state index contributed by atoms with van der Waals surface area (Å²) in [6.07, 6.45) is 0. The molecule has 0 amide bonds. The van der Waals surface area contributed by atoms with Crippen molar-refractivity contribution in [3.8, 4) is 5.75 Å². The predicted octanol–water partition coefficient (Wildman–Crippen LogP) is 3.64. The Balaban J connectivity index is 2.46. The van der Waals surface area contributed by atoms with Crippen molar-refractivity contribution in [2.45, 2.75) is 6.04 Å². The number of hydrogen-bond donors (Lipinski definition) is 1. The fourth-order valence-corrected chi connectivity index (χ4v) is 2.18. The van der Waals surface area contributed by atoms with Crippen LogP contribution in [0.15, 0.2) is 46.9 Å². The molecule has 0 aliphatic carbocycles. The highest BCUT2D eigenvalue weighted by Gasteiger charge is 2.17. The average molecular weight is 310 g/mol. The van der Waals surface area contributed by atoms with Gasteiger partial charge in [0.2, 0.25) is 0 Å². The minimum Gasteiger partial charge on any atom is -0.496 e. The van der Waals surface area contributed by atoms with Crippen LogP contribution in [0, 0.1) is 5.82 Å². The highest BCUT2D eigenvalue weighted by Crippen LogP contribution is 2.31. The number of rotatable bonds is 3. The summed E-state index contributed by atoms with van der Waals surface area (Å²) in [6, 6.07) is 11.5. The van der Waals surface area contributed by atoms with Gasteiger partial charge in [-0.25, -0.2) is 4.39 Å². The molecule has 0 heterocycles. The van der Waals surface area contributed by atoms with Crippen molar-refractivity contribution >= 4 is 15.9 Å². The fourth-order valence-electron chi connectivity index (χ4n) is 1.84. The number of ether oxygens (including phenoxy) is 1.